The third kappa shape index (κ3) is 4.20. The van der Waals surface area contributed by atoms with Crippen molar-refractivity contribution >= 4 is 51.6 Å². The van der Waals surface area contributed by atoms with Crippen molar-refractivity contribution in [1.29, 1.82) is 0 Å². The Hall–Kier alpha value is -4.25. The molecule has 34 heavy (non-hydrogen) atoms. The molecule has 2 aromatic heterocycles. The summed E-state index contributed by atoms with van der Waals surface area (Å²) in [7, 11) is 1.56. The molecule has 2 aromatic carbocycles. The third-order valence-electron chi connectivity index (χ3n) is 4.94. The number of hydrogen-bond donors (Lipinski definition) is 3. The number of aryl methyl sites for hydroxylation is 1. The number of carbonyl (C=O) groups is 1. The normalized spacial score (nSPS) is 12.3. The van der Waals surface area contributed by atoms with Crippen molar-refractivity contribution in [1.82, 2.24) is 15.1 Å². The summed E-state index contributed by atoms with van der Waals surface area (Å²) in [4.78, 5) is 20.9. The van der Waals surface area contributed by atoms with Gasteiger partial charge in [-0.15, -0.1) is 0 Å². The van der Waals surface area contributed by atoms with Gasteiger partial charge in [-0.25, -0.2) is 14.8 Å². The van der Waals surface area contributed by atoms with Crippen LogP contribution >= 0.6 is 11.6 Å². The van der Waals surface area contributed by atoms with Crippen LogP contribution in [0.25, 0.3) is 10.9 Å². The lowest BCUT2D eigenvalue weighted by atomic mass is 10.1. The van der Waals surface area contributed by atoms with Crippen LogP contribution in [0.15, 0.2) is 41.2 Å². The number of nitrogens with zero attached hydrogens (tertiary/aromatic N) is 3. The van der Waals surface area contributed by atoms with Crippen molar-refractivity contribution in [3.05, 3.63) is 47.4 Å². The first-order valence-electron chi connectivity index (χ1n) is 10.2. The smallest absolute Gasteiger partial charge is 0.326 e. The van der Waals surface area contributed by atoms with Crippen molar-refractivity contribution in [2.45, 2.75) is 6.92 Å². The number of hydrogen-bond acceptors (Lipinski definition) is 9. The van der Waals surface area contributed by atoms with Crippen LogP contribution in [-0.2, 0) is 0 Å². The van der Waals surface area contributed by atoms with Crippen LogP contribution in [-0.4, -0.2) is 41.5 Å². The fraction of sp³-hybridized carbons (Fsp3) is 0.182. The van der Waals surface area contributed by atoms with Crippen LogP contribution < -0.4 is 30.2 Å². The molecule has 12 heteroatoms. The first-order valence-corrected chi connectivity index (χ1v) is 10.6. The zero-order valence-corrected chi connectivity index (χ0v) is 18.9. The van der Waals surface area contributed by atoms with Crippen molar-refractivity contribution in [3.8, 4) is 17.2 Å². The molecule has 0 radical (unpaired) electrons. The molecule has 1 aliphatic heterocycles. The topological polar surface area (TPSA) is 133 Å². The Morgan fingerprint density at radius 1 is 1.09 bits per heavy atom. The maximum absolute atomic E-state index is 12.2. The lowest BCUT2D eigenvalue weighted by Crippen LogP contribution is -2.19. The van der Waals surface area contributed by atoms with Gasteiger partial charge >= 0.3 is 6.03 Å². The highest BCUT2D eigenvalue weighted by atomic mass is 35.5. The van der Waals surface area contributed by atoms with Gasteiger partial charge in [-0.1, -0.05) is 16.8 Å². The van der Waals surface area contributed by atoms with E-state index >= 15 is 0 Å². The molecule has 0 aliphatic carbocycles. The number of urea groups is 1. The van der Waals surface area contributed by atoms with E-state index in [1.165, 1.54) is 6.33 Å². The van der Waals surface area contributed by atoms with Gasteiger partial charge in [0.25, 0.3) is 0 Å². The number of benzene rings is 2. The molecule has 0 unspecified atom stereocenters. The number of ether oxygens (including phenoxy) is 3. The lowest BCUT2D eigenvalue weighted by molar-refractivity contribution is 0.167. The molecular formula is C22H19ClN6O5. The SMILES string of the molecule is COc1cc2ncnc(Nc3ccc(NC(=O)Nc4cc(C)no4)c(Cl)c3)c2c2c1OCCO2. The molecule has 11 nitrogen and oxygen atoms in total. The number of aromatic nitrogens is 3. The number of anilines is 4. The van der Waals surface area contributed by atoms with Gasteiger partial charge in [-0.2, -0.15) is 0 Å². The predicted molar refractivity (Wildman–Crippen MR) is 126 cm³/mol. The average Bonchev–Trinajstić information content (AvgIpc) is 3.24. The van der Waals surface area contributed by atoms with E-state index in [4.69, 9.17) is 30.3 Å². The molecule has 0 atom stereocenters. The predicted octanol–water partition coefficient (Wildman–Crippen LogP) is 4.75. The second kappa shape index (κ2) is 8.94. The minimum Gasteiger partial charge on any atom is -0.493 e. The molecule has 0 saturated heterocycles. The second-order valence-corrected chi connectivity index (χ2v) is 7.69. The molecule has 174 valence electrons. The zero-order chi connectivity index (χ0) is 23.7. The van der Waals surface area contributed by atoms with E-state index in [-0.39, 0.29) is 5.88 Å². The van der Waals surface area contributed by atoms with Gasteiger partial charge in [0, 0.05) is 17.8 Å². The van der Waals surface area contributed by atoms with Crippen molar-refractivity contribution in [2.75, 3.05) is 36.3 Å². The van der Waals surface area contributed by atoms with E-state index in [0.717, 1.165) is 0 Å². The van der Waals surface area contributed by atoms with Crippen molar-refractivity contribution in [3.63, 3.8) is 0 Å². The van der Waals surface area contributed by atoms with Gasteiger partial charge in [-0.3, -0.25) is 5.32 Å². The van der Waals surface area contributed by atoms with Crippen molar-refractivity contribution < 1.29 is 23.5 Å². The highest BCUT2D eigenvalue weighted by molar-refractivity contribution is 6.34. The highest BCUT2D eigenvalue weighted by Gasteiger charge is 2.24. The van der Waals surface area contributed by atoms with Crippen LogP contribution in [0.1, 0.15) is 5.69 Å². The monoisotopic (exact) mass is 482 g/mol. The van der Waals surface area contributed by atoms with Crippen LogP contribution in [0.3, 0.4) is 0 Å². The van der Waals surface area contributed by atoms with Crippen LogP contribution in [0, 0.1) is 6.92 Å². The van der Waals surface area contributed by atoms with Gasteiger partial charge < -0.3 is 29.4 Å². The molecule has 5 rings (SSSR count). The molecule has 4 aromatic rings. The fourth-order valence-corrected chi connectivity index (χ4v) is 3.70. The summed E-state index contributed by atoms with van der Waals surface area (Å²) in [5.74, 6) is 2.27. The number of rotatable bonds is 5. The number of halogens is 1. The first kappa shape index (κ1) is 21.6. The first-order chi connectivity index (χ1) is 16.5. The summed E-state index contributed by atoms with van der Waals surface area (Å²) < 4.78 is 22.0. The molecule has 0 bridgehead atoms. The van der Waals surface area contributed by atoms with Gasteiger partial charge in [-0.05, 0) is 25.1 Å². The number of amides is 2. The molecule has 3 N–H and O–H groups in total. The summed E-state index contributed by atoms with van der Waals surface area (Å²) in [5.41, 5.74) is 2.33. The molecular weight excluding hydrogens is 464 g/mol. The van der Waals surface area contributed by atoms with E-state index < -0.39 is 6.03 Å². The Balaban J connectivity index is 1.40. The minimum absolute atomic E-state index is 0.228. The maximum Gasteiger partial charge on any atom is 0.326 e. The Labute approximate surface area is 198 Å². The Morgan fingerprint density at radius 3 is 2.65 bits per heavy atom. The molecule has 0 saturated carbocycles. The third-order valence-corrected chi connectivity index (χ3v) is 5.25. The largest absolute Gasteiger partial charge is 0.493 e. The number of methoxy groups -OCH3 is 1. The van der Waals surface area contributed by atoms with E-state index in [2.05, 4.69) is 31.1 Å². The molecule has 2 amide bonds. The molecule has 3 heterocycles. The number of carbonyl (C=O) groups excluding carboxylic acids is 1. The standard InChI is InChI=1S/C22H19ClN6O5/c1-11-7-17(34-29-11)28-22(30)27-14-4-3-12(8-13(14)23)26-21-18-15(24-10-25-21)9-16(31-2)19-20(18)33-6-5-32-19/h3-4,7-10H,5-6H2,1-2H3,(H,24,25,26)(H2,27,28,30). The Kier molecular flexibility index (Phi) is 5.68. The molecule has 1 aliphatic rings. The average molecular weight is 483 g/mol. The van der Waals surface area contributed by atoms with Crippen molar-refractivity contribution in [2.24, 2.45) is 0 Å². The van der Waals surface area contributed by atoms with Gasteiger partial charge in [0.05, 0.1) is 34.4 Å². The molecule has 0 spiro atoms. The van der Waals surface area contributed by atoms with Gasteiger partial charge in [0.2, 0.25) is 11.6 Å². The summed E-state index contributed by atoms with van der Waals surface area (Å²) in [5, 5.41) is 13.1. The van der Waals surface area contributed by atoms with Gasteiger partial charge in [0.1, 0.15) is 25.4 Å². The summed E-state index contributed by atoms with van der Waals surface area (Å²) in [6.07, 6.45) is 1.44. The highest BCUT2D eigenvalue weighted by Crippen LogP contribution is 2.47. The summed E-state index contributed by atoms with van der Waals surface area (Å²) in [6.45, 7) is 2.56. The van der Waals surface area contributed by atoms with E-state index in [1.807, 2.05) is 0 Å². The quantitative estimate of drug-likeness (QED) is 0.368. The van der Waals surface area contributed by atoms with Crippen LogP contribution in [0.2, 0.25) is 5.02 Å². The lowest BCUT2D eigenvalue weighted by Gasteiger charge is -2.23. The molecule has 0 fully saturated rings. The number of nitrogens with one attached hydrogen (secondary N) is 3. The summed E-state index contributed by atoms with van der Waals surface area (Å²) >= 11 is 6.41. The fourth-order valence-electron chi connectivity index (χ4n) is 3.47. The van der Waals surface area contributed by atoms with Crippen LogP contribution in [0.5, 0.6) is 17.2 Å². The maximum atomic E-state index is 12.2. The Morgan fingerprint density at radius 2 is 1.91 bits per heavy atom. The van der Waals surface area contributed by atoms with E-state index in [1.54, 1.807) is 44.4 Å². The zero-order valence-electron chi connectivity index (χ0n) is 18.1. The van der Waals surface area contributed by atoms with E-state index in [0.29, 0.717) is 69.3 Å². The number of fused-ring (bicyclic) bond motifs is 3. The van der Waals surface area contributed by atoms with E-state index in [9.17, 15) is 4.79 Å². The minimum atomic E-state index is -0.515. The Bertz CT molecular complexity index is 1390. The second-order valence-electron chi connectivity index (χ2n) is 7.28. The summed E-state index contributed by atoms with van der Waals surface area (Å²) in [6, 6.07) is 7.93. The van der Waals surface area contributed by atoms with Gasteiger partial charge in [0.15, 0.2) is 11.5 Å². The van der Waals surface area contributed by atoms with Crippen LogP contribution in [0.4, 0.5) is 27.9 Å².